The molecule has 2 aliphatic rings. The topological polar surface area (TPSA) is 114 Å². The summed E-state index contributed by atoms with van der Waals surface area (Å²) in [6, 6.07) is 14.9. The van der Waals surface area contributed by atoms with E-state index in [1.807, 2.05) is 43.3 Å². The molecule has 8 nitrogen and oxygen atoms in total. The highest BCUT2D eigenvalue weighted by Crippen LogP contribution is 2.44. The number of hydrogen-bond donors (Lipinski definition) is 3. The Morgan fingerprint density at radius 3 is 2.29 bits per heavy atom. The maximum absolute atomic E-state index is 12.8. The Bertz CT molecular complexity index is 1000. The summed E-state index contributed by atoms with van der Waals surface area (Å²) in [6.07, 6.45) is 0.708. The maximum atomic E-state index is 12.8. The molecule has 0 aromatic heterocycles. The highest BCUT2D eigenvalue weighted by Gasteiger charge is 2.30. The molecule has 0 spiro atoms. The molecule has 1 aliphatic heterocycles. The third-order valence-electron chi connectivity index (χ3n) is 6.45. The van der Waals surface area contributed by atoms with E-state index < -0.39 is 24.0 Å². The molecule has 1 heterocycles. The van der Waals surface area contributed by atoms with Crippen LogP contribution in [0.5, 0.6) is 0 Å². The van der Waals surface area contributed by atoms with Crippen LogP contribution in [0.4, 0.5) is 4.79 Å². The molecule has 1 saturated heterocycles. The zero-order valence-electron chi connectivity index (χ0n) is 19.2. The predicted octanol–water partition coefficient (Wildman–Crippen LogP) is 3.44. The van der Waals surface area contributed by atoms with Gasteiger partial charge in [-0.25, -0.2) is 4.79 Å². The first-order valence-electron chi connectivity index (χ1n) is 11.7. The summed E-state index contributed by atoms with van der Waals surface area (Å²) in [7, 11) is 0. The van der Waals surface area contributed by atoms with E-state index in [2.05, 4.69) is 22.8 Å². The molecule has 2 amide bonds. The molecule has 2 aromatic rings. The number of alkyl carbamates (subject to hydrolysis) is 1. The van der Waals surface area contributed by atoms with Crippen molar-refractivity contribution in [2.75, 3.05) is 13.2 Å². The average molecular weight is 467 g/mol. The number of nitrogens with one attached hydrogen (secondary N) is 2. The summed E-state index contributed by atoms with van der Waals surface area (Å²) in [5.41, 5.74) is 4.41. The number of hydrogen-bond acceptors (Lipinski definition) is 5. The van der Waals surface area contributed by atoms with E-state index in [4.69, 9.17) is 14.6 Å². The van der Waals surface area contributed by atoms with Crippen molar-refractivity contribution < 1.29 is 29.0 Å². The molecule has 1 aliphatic carbocycles. The average Bonchev–Trinajstić information content (AvgIpc) is 3.15. The lowest BCUT2D eigenvalue weighted by atomic mass is 9.98. The molecule has 34 heavy (non-hydrogen) atoms. The third kappa shape index (κ3) is 5.56. The molecule has 0 radical (unpaired) electrons. The highest BCUT2D eigenvalue weighted by molar-refractivity contribution is 5.86. The van der Waals surface area contributed by atoms with E-state index in [0.29, 0.717) is 6.61 Å². The van der Waals surface area contributed by atoms with E-state index in [1.54, 1.807) is 0 Å². The number of carboxylic acid groups (broad SMARTS) is 1. The minimum Gasteiger partial charge on any atom is -0.481 e. The van der Waals surface area contributed by atoms with Gasteiger partial charge in [0.25, 0.3) is 0 Å². The minimum absolute atomic E-state index is 0.0324. The van der Waals surface area contributed by atoms with E-state index in [-0.39, 0.29) is 37.5 Å². The van der Waals surface area contributed by atoms with E-state index in [9.17, 15) is 14.4 Å². The maximum Gasteiger partial charge on any atom is 0.407 e. The molecular formula is C26H30N2O6. The standard InChI is InChI=1S/C26H30N2O6/c1-16-10-11-17(14-33-16)27-25(31)23(12-13-24(29)30)28-26(32)34-15-22-20-8-4-2-6-18(20)19-7-3-5-9-21(19)22/h2-9,16-17,22-23H,10-15H2,1H3,(H,27,31)(H,28,32)(H,29,30). The number of benzene rings is 2. The summed E-state index contributed by atoms with van der Waals surface area (Å²) in [5, 5.41) is 14.5. The smallest absolute Gasteiger partial charge is 0.407 e. The molecule has 2 aromatic carbocycles. The van der Waals surface area contributed by atoms with Crippen LogP contribution in [0.2, 0.25) is 0 Å². The van der Waals surface area contributed by atoms with Gasteiger partial charge in [0, 0.05) is 12.3 Å². The van der Waals surface area contributed by atoms with E-state index >= 15 is 0 Å². The molecule has 3 unspecified atom stereocenters. The van der Waals surface area contributed by atoms with Crippen LogP contribution < -0.4 is 10.6 Å². The van der Waals surface area contributed by atoms with Crippen LogP contribution in [0.25, 0.3) is 11.1 Å². The molecule has 4 rings (SSSR count). The lowest BCUT2D eigenvalue weighted by molar-refractivity contribution is -0.137. The van der Waals surface area contributed by atoms with Crippen LogP contribution in [-0.4, -0.2) is 54.5 Å². The van der Waals surface area contributed by atoms with Gasteiger partial charge in [0.2, 0.25) is 5.91 Å². The zero-order valence-corrected chi connectivity index (χ0v) is 19.2. The molecule has 1 fully saturated rings. The van der Waals surface area contributed by atoms with Crippen LogP contribution in [0.1, 0.15) is 49.7 Å². The van der Waals surface area contributed by atoms with Crippen molar-refractivity contribution in [3.63, 3.8) is 0 Å². The van der Waals surface area contributed by atoms with Gasteiger partial charge in [0.05, 0.1) is 18.8 Å². The predicted molar refractivity (Wildman–Crippen MR) is 125 cm³/mol. The van der Waals surface area contributed by atoms with E-state index in [1.165, 1.54) is 0 Å². The van der Waals surface area contributed by atoms with Gasteiger partial charge in [-0.1, -0.05) is 48.5 Å². The largest absolute Gasteiger partial charge is 0.481 e. The van der Waals surface area contributed by atoms with Crippen molar-refractivity contribution in [3.8, 4) is 11.1 Å². The van der Waals surface area contributed by atoms with Gasteiger partial charge >= 0.3 is 12.1 Å². The van der Waals surface area contributed by atoms with Crippen LogP contribution in [0.3, 0.4) is 0 Å². The molecule has 180 valence electrons. The van der Waals surface area contributed by atoms with Crippen LogP contribution in [0.15, 0.2) is 48.5 Å². The molecular weight excluding hydrogens is 436 g/mol. The summed E-state index contributed by atoms with van der Waals surface area (Å²) in [5.74, 6) is -1.58. The Balaban J connectivity index is 1.38. The van der Waals surface area contributed by atoms with Crippen molar-refractivity contribution in [3.05, 3.63) is 59.7 Å². The SMILES string of the molecule is CC1CCC(NC(=O)C(CCC(=O)O)NC(=O)OCC2c3ccccc3-c3ccccc32)CO1. The number of ether oxygens (including phenoxy) is 2. The second kappa shape index (κ2) is 10.7. The first-order chi connectivity index (χ1) is 16.4. The fourth-order valence-electron chi connectivity index (χ4n) is 4.62. The number of amides is 2. The molecule has 0 bridgehead atoms. The van der Waals surface area contributed by atoms with Crippen LogP contribution in [0, 0.1) is 0 Å². The number of aliphatic carboxylic acids is 1. The van der Waals surface area contributed by atoms with Gasteiger partial charge in [-0.15, -0.1) is 0 Å². The molecule has 8 heteroatoms. The van der Waals surface area contributed by atoms with Gasteiger partial charge in [-0.3, -0.25) is 9.59 Å². The summed E-state index contributed by atoms with van der Waals surface area (Å²) in [6.45, 7) is 2.48. The summed E-state index contributed by atoms with van der Waals surface area (Å²) >= 11 is 0. The van der Waals surface area contributed by atoms with Crippen molar-refractivity contribution in [1.29, 1.82) is 0 Å². The van der Waals surface area contributed by atoms with Crippen molar-refractivity contribution in [2.45, 2.75) is 56.7 Å². The number of carbonyl (C=O) groups is 3. The molecule has 3 atom stereocenters. The Morgan fingerprint density at radius 2 is 1.71 bits per heavy atom. The Morgan fingerprint density at radius 1 is 1.06 bits per heavy atom. The van der Waals surface area contributed by atoms with Crippen molar-refractivity contribution in [2.24, 2.45) is 0 Å². The van der Waals surface area contributed by atoms with Crippen molar-refractivity contribution in [1.82, 2.24) is 10.6 Å². The van der Waals surface area contributed by atoms with Gasteiger partial charge in [0.1, 0.15) is 12.6 Å². The second-order valence-corrected chi connectivity index (χ2v) is 8.88. The monoisotopic (exact) mass is 466 g/mol. The Hall–Kier alpha value is -3.39. The van der Waals surface area contributed by atoms with E-state index in [0.717, 1.165) is 35.1 Å². The first-order valence-corrected chi connectivity index (χ1v) is 11.7. The minimum atomic E-state index is -1.04. The summed E-state index contributed by atoms with van der Waals surface area (Å²) < 4.78 is 11.1. The lowest BCUT2D eigenvalue weighted by Crippen LogP contribution is -2.52. The number of rotatable bonds is 8. The lowest BCUT2D eigenvalue weighted by Gasteiger charge is -2.29. The van der Waals surface area contributed by atoms with Crippen molar-refractivity contribution >= 4 is 18.0 Å². The number of fused-ring (bicyclic) bond motifs is 3. The Labute approximate surface area is 198 Å². The van der Waals surface area contributed by atoms with Gasteiger partial charge in [0.15, 0.2) is 0 Å². The second-order valence-electron chi connectivity index (χ2n) is 8.88. The zero-order chi connectivity index (χ0) is 24.1. The molecule has 0 saturated carbocycles. The fraction of sp³-hybridized carbons (Fsp3) is 0.423. The normalized spacial score (nSPS) is 20.0. The fourth-order valence-corrected chi connectivity index (χ4v) is 4.62. The molecule has 3 N–H and O–H groups in total. The number of carbonyl (C=O) groups excluding carboxylic acids is 2. The third-order valence-corrected chi connectivity index (χ3v) is 6.45. The van der Waals surface area contributed by atoms with Crippen LogP contribution >= 0.6 is 0 Å². The van der Waals surface area contributed by atoms with Gasteiger partial charge < -0.3 is 25.2 Å². The Kier molecular flexibility index (Phi) is 7.47. The van der Waals surface area contributed by atoms with Gasteiger partial charge in [-0.05, 0) is 48.4 Å². The van der Waals surface area contributed by atoms with Gasteiger partial charge in [-0.2, -0.15) is 0 Å². The van der Waals surface area contributed by atoms with Crippen LogP contribution in [-0.2, 0) is 19.1 Å². The number of carboxylic acids is 1. The quantitative estimate of drug-likeness (QED) is 0.549. The highest BCUT2D eigenvalue weighted by atomic mass is 16.5. The summed E-state index contributed by atoms with van der Waals surface area (Å²) in [4.78, 5) is 36.5. The first kappa shape index (κ1) is 23.8.